The Hall–Kier alpha value is -2.93. The lowest BCUT2D eigenvalue weighted by Crippen LogP contribution is -2.30. The molecule has 3 rings (SSSR count). The second-order valence-electron chi connectivity index (χ2n) is 5.09. The van der Waals surface area contributed by atoms with E-state index in [4.69, 9.17) is 20.9 Å². The first-order chi connectivity index (χ1) is 12.1. The van der Waals surface area contributed by atoms with Crippen molar-refractivity contribution in [2.45, 2.75) is 6.04 Å². The topological polar surface area (TPSA) is 77.2 Å². The number of pyridine rings is 1. The fourth-order valence-corrected chi connectivity index (χ4v) is 2.39. The van der Waals surface area contributed by atoms with Crippen LogP contribution in [0.2, 0.25) is 5.15 Å². The number of methoxy groups -OCH3 is 1. The molecule has 25 heavy (non-hydrogen) atoms. The highest BCUT2D eigenvalue weighted by Crippen LogP contribution is 2.26. The standard InChI is InChI=1S/C17H13ClFN3O3/c1-24-11-3-4-12(13(19)8-11)16(14-6-7-25-22-14)21-17(23)10-2-5-15(18)20-9-10/h2-9,16H,1H3,(H,21,23). The Balaban J connectivity index is 1.93. The van der Waals surface area contributed by atoms with Gasteiger partial charge in [-0.1, -0.05) is 16.8 Å². The number of carbonyl (C=O) groups is 1. The van der Waals surface area contributed by atoms with Crippen molar-refractivity contribution in [2.75, 3.05) is 7.11 Å². The third-order valence-electron chi connectivity index (χ3n) is 3.54. The monoisotopic (exact) mass is 361 g/mol. The molecule has 6 nitrogen and oxygen atoms in total. The van der Waals surface area contributed by atoms with E-state index in [0.29, 0.717) is 11.4 Å². The summed E-state index contributed by atoms with van der Waals surface area (Å²) in [7, 11) is 1.44. The third-order valence-corrected chi connectivity index (χ3v) is 3.76. The lowest BCUT2D eigenvalue weighted by Gasteiger charge is -2.18. The molecule has 1 aromatic carbocycles. The first-order valence-corrected chi connectivity index (χ1v) is 7.62. The summed E-state index contributed by atoms with van der Waals surface area (Å²) in [5.41, 5.74) is 0.871. The van der Waals surface area contributed by atoms with Gasteiger partial charge < -0.3 is 14.6 Å². The SMILES string of the molecule is COc1ccc(C(NC(=O)c2ccc(Cl)nc2)c2ccon2)c(F)c1. The number of halogens is 2. The van der Waals surface area contributed by atoms with Gasteiger partial charge in [-0.3, -0.25) is 4.79 Å². The van der Waals surface area contributed by atoms with Gasteiger partial charge in [0.05, 0.1) is 12.7 Å². The zero-order valence-corrected chi connectivity index (χ0v) is 13.8. The molecule has 0 radical (unpaired) electrons. The van der Waals surface area contributed by atoms with Crippen LogP contribution in [-0.2, 0) is 0 Å². The Morgan fingerprint density at radius 3 is 2.76 bits per heavy atom. The highest BCUT2D eigenvalue weighted by molar-refractivity contribution is 6.29. The van der Waals surface area contributed by atoms with E-state index in [0.717, 1.165) is 0 Å². The summed E-state index contributed by atoms with van der Waals surface area (Å²) in [5, 5.41) is 6.81. The zero-order valence-electron chi connectivity index (χ0n) is 13.1. The Morgan fingerprint density at radius 2 is 2.16 bits per heavy atom. The number of nitrogens with one attached hydrogen (secondary N) is 1. The minimum Gasteiger partial charge on any atom is -0.497 e. The molecule has 0 fully saturated rings. The number of nitrogens with zero attached hydrogens (tertiary/aromatic N) is 2. The normalized spacial score (nSPS) is 11.8. The van der Waals surface area contributed by atoms with E-state index in [1.807, 2.05) is 0 Å². The minimum absolute atomic E-state index is 0.227. The van der Waals surface area contributed by atoms with Crippen LogP contribution in [0.3, 0.4) is 0 Å². The predicted octanol–water partition coefficient (Wildman–Crippen LogP) is 3.39. The van der Waals surface area contributed by atoms with Gasteiger partial charge in [-0.15, -0.1) is 0 Å². The average molecular weight is 362 g/mol. The summed E-state index contributed by atoms with van der Waals surface area (Å²) >= 11 is 5.72. The Bertz CT molecular complexity index is 869. The highest BCUT2D eigenvalue weighted by atomic mass is 35.5. The van der Waals surface area contributed by atoms with E-state index in [1.165, 1.54) is 43.8 Å². The maximum Gasteiger partial charge on any atom is 0.253 e. The molecule has 3 aromatic rings. The van der Waals surface area contributed by atoms with Crippen molar-refractivity contribution >= 4 is 17.5 Å². The van der Waals surface area contributed by atoms with E-state index < -0.39 is 17.8 Å². The van der Waals surface area contributed by atoms with E-state index in [2.05, 4.69) is 15.5 Å². The molecule has 2 heterocycles. The number of hydrogen-bond acceptors (Lipinski definition) is 5. The molecular formula is C17H13ClFN3O3. The van der Waals surface area contributed by atoms with E-state index >= 15 is 0 Å². The number of aromatic nitrogens is 2. The van der Waals surface area contributed by atoms with Crippen LogP contribution < -0.4 is 10.1 Å². The van der Waals surface area contributed by atoms with Crippen molar-refractivity contribution in [3.05, 3.63) is 76.6 Å². The first-order valence-electron chi connectivity index (χ1n) is 7.24. The van der Waals surface area contributed by atoms with Crippen molar-refractivity contribution in [1.82, 2.24) is 15.5 Å². The second-order valence-corrected chi connectivity index (χ2v) is 5.48. The van der Waals surface area contributed by atoms with Gasteiger partial charge in [0.25, 0.3) is 5.91 Å². The quantitative estimate of drug-likeness (QED) is 0.705. The summed E-state index contributed by atoms with van der Waals surface area (Å²) in [6.07, 6.45) is 2.68. The van der Waals surface area contributed by atoms with Gasteiger partial charge in [-0.2, -0.15) is 0 Å². The molecule has 0 spiro atoms. The minimum atomic E-state index is -0.840. The smallest absolute Gasteiger partial charge is 0.253 e. The molecule has 0 aliphatic heterocycles. The maximum atomic E-state index is 14.5. The number of carbonyl (C=O) groups excluding carboxylic acids is 1. The molecular weight excluding hydrogens is 349 g/mol. The molecule has 0 saturated carbocycles. The Kier molecular flexibility index (Phi) is 4.95. The molecule has 1 unspecified atom stereocenters. The van der Waals surface area contributed by atoms with Gasteiger partial charge in [0.1, 0.15) is 34.7 Å². The Labute approximate surface area is 147 Å². The molecule has 1 atom stereocenters. The number of amides is 1. The maximum absolute atomic E-state index is 14.5. The van der Waals surface area contributed by atoms with Crippen LogP contribution in [0.1, 0.15) is 27.7 Å². The van der Waals surface area contributed by atoms with Gasteiger partial charge in [-0.25, -0.2) is 9.37 Å². The van der Waals surface area contributed by atoms with Crippen molar-refractivity contribution in [2.24, 2.45) is 0 Å². The average Bonchev–Trinajstić information content (AvgIpc) is 3.14. The Morgan fingerprint density at radius 1 is 1.32 bits per heavy atom. The molecule has 0 aliphatic carbocycles. The van der Waals surface area contributed by atoms with Crippen LogP contribution in [-0.4, -0.2) is 23.2 Å². The largest absolute Gasteiger partial charge is 0.497 e. The van der Waals surface area contributed by atoms with E-state index in [-0.39, 0.29) is 16.3 Å². The molecule has 1 amide bonds. The summed E-state index contributed by atoms with van der Waals surface area (Å²) < 4.78 is 24.3. The first kappa shape index (κ1) is 16.9. The molecule has 0 aliphatic rings. The third kappa shape index (κ3) is 3.77. The zero-order chi connectivity index (χ0) is 17.8. The fraction of sp³-hybridized carbons (Fsp3) is 0.118. The van der Waals surface area contributed by atoms with Gasteiger partial charge in [0, 0.05) is 23.9 Å². The summed E-state index contributed by atoms with van der Waals surface area (Å²) in [4.78, 5) is 16.3. The van der Waals surface area contributed by atoms with E-state index in [1.54, 1.807) is 12.1 Å². The molecule has 8 heteroatoms. The van der Waals surface area contributed by atoms with Crippen molar-refractivity contribution in [3.8, 4) is 5.75 Å². The predicted molar refractivity (Wildman–Crippen MR) is 88.0 cm³/mol. The van der Waals surface area contributed by atoms with Crippen LogP contribution in [0.25, 0.3) is 0 Å². The van der Waals surface area contributed by atoms with Crippen molar-refractivity contribution in [3.63, 3.8) is 0 Å². The van der Waals surface area contributed by atoms with E-state index in [9.17, 15) is 9.18 Å². The van der Waals surface area contributed by atoms with Gasteiger partial charge in [0.15, 0.2) is 0 Å². The molecule has 0 bridgehead atoms. The second kappa shape index (κ2) is 7.31. The number of benzene rings is 1. The number of ether oxygens (including phenoxy) is 1. The summed E-state index contributed by atoms with van der Waals surface area (Å²) in [6, 6.07) is 8.08. The van der Waals surface area contributed by atoms with Gasteiger partial charge in [0.2, 0.25) is 0 Å². The molecule has 1 N–H and O–H groups in total. The van der Waals surface area contributed by atoms with Crippen LogP contribution in [0, 0.1) is 5.82 Å². The summed E-state index contributed by atoms with van der Waals surface area (Å²) in [5.74, 6) is -0.623. The van der Waals surface area contributed by atoms with Crippen LogP contribution in [0.5, 0.6) is 5.75 Å². The van der Waals surface area contributed by atoms with Crippen molar-refractivity contribution in [1.29, 1.82) is 0 Å². The lowest BCUT2D eigenvalue weighted by atomic mass is 10.0. The fourth-order valence-electron chi connectivity index (χ4n) is 2.28. The van der Waals surface area contributed by atoms with Crippen LogP contribution >= 0.6 is 11.6 Å². The molecule has 128 valence electrons. The van der Waals surface area contributed by atoms with Crippen molar-refractivity contribution < 1.29 is 18.4 Å². The van der Waals surface area contributed by atoms with Crippen LogP contribution in [0.4, 0.5) is 4.39 Å². The van der Waals surface area contributed by atoms with Gasteiger partial charge >= 0.3 is 0 Å². The lowest BCUT2D eigenvalue weighted by molar-refractivity contribution is 0.0941. The number of hydrogen-bond donors (Lipinski definition) is 1. The highest BCUT2D eigenvalue weighted by Gasteiger charge is 2.23. The summed E-state index contributed by atoms with van der Waals surface area (Å²) in [6.45, 7) is 0. The number of rotatable bonds is 5. The van der Waals surface area contributed by atoms with Crippen LogP contribution in [0.15, 0.2) is 53.4 Å². The molecule has 2 aromatic heterocycles. The molecule has 0 saturated heterocycles. The van der Waals surface area contributed by atoms with Gasteiger partial charge in [-0.05, 0) is 24.3 Å².